The molecule has 2 atom stereocenters. The molecule has 4 rings (SSSR count). The summed E-state index contributed by atoms with van der Waals surface area (Å²) in [6.45, 7) is 2.40. The first kappa shape index (κ1) is 18.6. The number of amides is 2. The van der Waals surface area contributed by atoms with Gasteiger partial charge in [0.05, 0.1) is 17.7 Å². The molecule has 8 heteroatoms. The molecule has 2 N–H and O–H groups in total. The van der Waals surface area contributed by atoms with E-state index in [1.165, 1.54) is 0 Å². The highest BCUT2D eigenvalue weighted by molar-refractivity contribution is 5.93. The second-order valence-electron chi connectivity index (χ2n) is 7.35. The lowest BCUT2D eigenvalue weighted by molar-refractivity contribution is -0.126. The Labute approximate surface area is 163 Å². The van der Waals surface area contributed by atoms with Crippen LogP contribution in [-0.2, 0) is 9.53 Å². The molecule has 0 aromatic carbocycles. The number of H-pyrrole nitrogens is 1. The summed E-state index contributed by atoms with van der Waals surface area (Å²) in [6.07, 6.45) is 5.47. The number of likely N-dealkylation sites (tertiary alicyclic amines) is 1. The number of piperidine rings is 1. The molecule has 2 unspecified atom stereocenters. The average Bonchev–Trinajstić information content (AvgIpc) is 3.44. The third kappa shape index (κ3) is 4.22. The lowest BCUT2D eigenvalue weighted by Crippen LogP contribution is -2.46. The van der Waals surface area contributed by atoms with Crippen LogP contribution in [0.3, 0.4) is 0 Å². The van der Waals surface area contributed by atoms with Crippen molar-refractivity contribution >= 4 is 11.8 Å². The molecule has 0 spiro atoms. The van der Waals surface area contributed by atoms with Gasteiger partial charge in [-0.2, -0.15) is 5.10 Å². The van der Waals surface area contributed by atoms with E-state index < -0.39 is 0 Å². The minimum absolute atomic E-state index is 0.00628. The molecule has 2 amide bonds. The van der Waals surface area contributed by atoms with Crippen molar-refractivity contribution in [2.75, 3.05) is 26.2 Å². The van der Waals surface area contributed by atoms with Crippen molar-refractivity contribution < 1.29 is 14.3 Å². The Balaban J connectivity index is 1.35. The van der Waals surface area contributed by atoms with E-state index in [9.17, 15) is 9.59 Å². The van der Waals surface area contributed by atoms with Crippen molar-refractivity contribution in [1.29, 1.82) is 0 Å². The Morgan fingerprint density at radius 2 is 2.18 bits per heavy atom. The van der Waals surface area contributed by atoms with Crippen molar-refractivity contribution in [2.45, 2.75) is 31.8 Å². The van der Waals surface area contributed by atoms with Gasteiger partial charge < -0.3 is 15.0 Å². The summed E-state index contributed by atoms with van der Waals surface area (Å²) in [7, 11) is 0. The van der Waals surface area contributed by atoms with E-state index in [-0.39, 0.29) is 23.8 Å². The summed E-state index contributed by atoms with van der Waals surface area (Å²) in [5.41, 5.74) is 1.76. The van der Waals surface area contributed by atoms with Crippen LogP contribution in [0.1, 0.15) is 36.2 Å². The molecule has 28 heavy (non-hydrogen) atoms. The smallest absolute Gasteiger partial charge is 0.271 e. The van der Waals surface area contributed by atoms with Gasteiger partial charge in [-0.3, -0.25) is 19.7 Å². The minimum atomic E-state index is -0.183. The molecule has 0 aliphatic carbocycles. The number of carbonyl (C=O) groups excluding carboxylic acids is 2. The molecular weight excluding hydrogens is 358 g/mol. The van der Waals surface area contributed by atoms with Crippen LogP contribution in [0.5, 0.6) is 0 Å². The van der Waals surface area contributed by atoms with E-state index in [1.807, 2.05) is 18.2 Å². The van der Waals surface area contributed by atoms with Gasteiger partial charge in [-0.1, -0.05) is 6.07 Å². The minimum Gasteiger partial charge on any atom is -0.376 e. The van der Waals surface area contributed by atoms with Crippen LogP contribution in [0.25, 0.3) is 11.4 Å². The Bertz CT molecular complexity index is 816. The highest BCUT2D eigenvalue weighted by Gasteiger charge is 2.30. The zero-order valence-corrected chi connectivity index (χ0v) is 15.8. The van der Waals surface area contributed by atoms with E-state index in [2.05, 4.69) is 20.5 Å². The summed E-state index contributed by atoms with van der Waals surface area (Å²) in [6, 6.07) is 7.27. The predicted octanol–water partition coefficient (Wildman–Crippen LogP) is 1.62. The molecule has 4 heterocycles. The number of pyridine rings is 1. The Hall–Kier alpha value is -2.74. The number of aromatic amines is 1. The Kier molecular flexibility index (Phi) is 5.66. The van der Waals surface area contributed by atoms with Crippen LogP contribution in [0, 0.1) is 5.92 Å². The number of hydrogen-bond donors (Lipinski definition) is 2. The number of rotatable bonds is 5. The zero-order chi connectivity index (χ0) is 19.3. The number of carbonyl (C=O) groups is 2. The van der Waals surface area contributed by atoms with Crippen molar-refractivity contribution in [3.8, 4) is 11.4 Å². The first-order valence-electron chi connectivity index (χ1n) is 9.86. The van der Waals surface area contributed by atoms with E-state index >= 15 is 0 Å². The van der Waals surface area contributed by atoms with Gasteiger partial charge in [0, 0.05) is 32.4 Å². The lowest BCUT2D eigenvalue weighted by atomic mass is 9.96. The molecule has 2 aliphatic heterocycles. The molecular formula is C20H25N5O3. The third-order valence-electron chi connectivity index (χ3n) is 5.34. The van der Waals surface area contributed by atoms with Crippen LogP contribution in [0.4, 0.5) is 0 Å². The number of ether oxygens (including phenoxy) is 1. The summed E-state index contributed by atoms with van der Waals surface area (Å²) in [5.74, 6) is -0.310. The van der Waals surface area contributed by atoms with Crippen molar-refractivity contribution in [3.05, 3.63) is 36.2 Å². The van der Waals surface area contributed by atoms with Crippen LogP contribution >= 0.6 is 0 Å². The second-order valence-corrected chi connectivity index (χ2v) is 7.35. The maximum atomic E-state index is 12.9. The molecule has 0 bridgehead atoms. The van der Waals surface area contributed by atoms with Gasteiger partial charge in [-0.15, -0.1) is 0 Å². The Morgan fingerprint density at radius 3 is 2.96 bits per heavy atom. The maximum Gasteiger partial charge on any atom is 0.271 e. The summed E-state index contributed by atoms with van der Waals surface area (Å²) >= 11 is 0. The largest absolute Gasteiger partial charge is 0.376 e. The van der Waals surface area contributed by atoms with E-state index in [0.717, 1.165) is 32.3 Å². The van der Waals surface area contributed by atoms with Crippen LogP contribution in [0.15, 0.2) is 30.5 Å². The number of hydrogen-bond acceptors (Lipinski definition) is 5. The standard InChI is InChI=1S/C20H25N5O3/c26-19(22-12-15-6-4-10-28-15)14-5-3-9-25(13-14)20(27)18-11-17(23-24-18)16-7-1-2-8-21-16/h1-2,7-8,11,14-15H,3-6,9-10,12-13H2,(H,22,26)(H,23,24). The molecule has 2 aromatic heterocycles. The average molecular weight is 383 g/mol. The van der Waals surface area contributed by atoms with Crippen LogP contribution in [-0.4, -0.2) is 64.2 Å². The van der Waals surface area contributed by atoms with Gasteiger partial charge in [0.1, 0.15) is 11.4 Å². The third-order valence-corrected chi connectivity index (χ3v) is 5.34. The number of nitrogens with zero attached hydrogens (tertiary/aromatic N) is 3. The fourth-order valence-electron chi connectivity index (χ4n) is 3.79. The van der Waals surface area contributed by atoms with E-state index in [0.29, 0.717) is 36.7 Å². The van der Waals surface area contributed by atoms with Gasteiger partial charge in [0.2, 0.25) is 5.91 Å². The second kappa shape index (κ2) is 8.52. The number of aromatic nitrogens is 3. The zero-order valence-electron chi connectivity index (χ0n) is 15.8. The first-order chi connectivity index (χ1) is 13.7. The monoisotopic (exact) mass is 383 g/mol. The topological polar surface area (TPSA) is 100 Å². The van der Waals surface area contributed by atoms with Gasteiger partial charge >= 0.3 is 0 Å². The molecule has 2 saturated heterocycles. The molecule has 0 radical (unpaired) electrons. The molecule has 2 aromatic rings. The number of nitrogens with one attached hydrogen (secondary N) is 2. The summed E-state index contributed by atoms with van der Waals surface area (Å²) in [5, 5.41) is 10.0. The highest BCUT2D eigenvalue weighted by Crippen LogP contribution is 2.21. The fourth-order valence-corrected chi connectivity index (χ4v) is 3.79. The van der Waals surface area contributed by atoms with Gasteiger partial charge in [-0.05, 0) is 43.9 Å². The van der Waals surface area contributed by atoms with Gasteiger partial charge in [-0.25, -0.2) is 0 Å². The molecule has 2 fully saturated rings. The fraction of sp³-hybridized carbons (Fsp3) is 0.500. The van der Waals surface area contributed by atoms with Gasteiger partial charge in [0.25, 0.3) is 5.91 Å². The van der Waals surface area contributed by atoms with Crippen molar-refractivity contribution in [1.82, 2.24) is 25.4 Å². The SMILES string of the molecule is O=C(NCC1CCCO1)C1CCCN(C(=O)c2cc(-c3ccccn3)n[nH]2)C1. The van der Waals surface area contributed by atoms with E-state index in [4.69, 9.17) is 4.74 Å². The summed E-state index contributed by atoms with van der Waals surface area (Å²) in [4.78, 5) is 31.4. The quantitative estimate of drug-likeness (QED) is 0.817. The predicted molar refractivity (Wildman–Crippen MR) is 102 cm³/mol. The molecule has 148 valence electrons. The maximum absolute atomic E-state index is 12.9. The van der Waals surface area contributed by atoms with Crippen LogP contribution < -0.4 is 5.32 Å². The molecule has 2 aliphatic rings. The van der Waals surface area contributed by atoms with Crippen LogP contribution in [0.2, 0.25) is 0 Å². The highest BCUT2D eigenvalue weighted by atomic mass is 16.5. The first-order valence-corrected chi connectivity index (χ1v) is 9.86. The summed E-state index contributed by atoms with van der Waals surface area (Å²) < 4.78 is 5.55. The van der Waals surface area contributed by atoms with Crippen molar-refractivity contribution in [2.24, 2.45) is 5.92 Å². The van der Waals surface area contributed by atoms with Gasteiger partial charge in [0.15, 0.2) is 0 Å². The molecule has 0 saturated carbocycles. The molecule has 8 nitrogen and oxygen atoms in total. The lowest BCUT2D eigenvalue weighted by Gasteiger charge is -2.31. The Morgan fingerprint density at radius 1 is 1.25 bits per heavy atom. The van der Waals surface area contributed by atoms with E-state index in [1.54, 1.807) is 17.2 Å². The normalized spacial score (nSPS) is 22.2. The van der Waals surface area contributed by atoms with Crippen molar-refractivity contribution in [3.63, 3.8) is 0 Å².